The van der Waals surface area contributed by atoms with Crippen molar-refractivity contribution in [1.82, 2.24) is 19.6 Å². The molecule has 0 aromatic carbocycles. The monoisotopic (exact) mass is 1050 g/mol. The molecule has 0 spiro atoms. The zero-order valence-electron chi connectivity index (χ0n) is 49.6. The van der Waals surface area contributed by atoms with Crippen LogP contribution in [0.2, 0.25) is 0 Å². The van der Waals surface area contributed by atoms with E-state index in [0.717, 1.165) is 116 Å². The Hall–Kier alpha value is -2.64. The second-order valence-corrected chi connectivity index (χ2v) is 21.6. The Morgan fingerprint density at radius 2 is 0.689 bits per heavy atom. The summed E-state index contributed by atoms with van der Waals surface area (Å²) in [5, 5.41) is 9.53. The summed E-state index contributed by atoms with van der Waals surface area (Å²) >= 11 is 0. The van der Waals surface area contributed by atoms with Gasteiger partial charge < -0.3 is 38.8 Å². The molecule has 0 aromatic rings. The Morgan fingerprint density at radius 1 is 0.365 bits per heavy atom. The van der Waals surface area contributed by atoms with Gasteiger partial charge in [0.25, 0.3) is 0 Å². The predicted molar refractivity (Wildman–Crippen MR) is 307 cm³/mol. The van der Waals surface area contributed by atoms with Crippen molar-refractivity contribution in [2.24, 2.45) is 11.8 Å². The van der Waals surface area contributed by atoms with Crippen LogP contribution in [0.1, 0.15) is 260 Å². The van der Waals surface area contributed by atoms with Gasteiger partial charge in [-0.05, 0) is 83.1 Å². The normalized spacial score (nSPS) is 11.6. The predicted octanol–water partition coefficient (Wildman–Crippen LogP) is 14.8. The highest BCUT2D eigenvalue weighted by Gasteiger charge is 2.19. The molecule has 0 saturated heterocycles. The van der Waals surface area contributed by atoms with Crippen LogP contribution in [0.3, 0.4) is 0 Å². The van der Waals surface area contributed by atoms with E-state index < -0.39 is 0 Å². The standard InChI is InChI=1S/C61H120N4O9/c1-8-14-20-22-32-42-64(44-34-24-30-40-58(67)73-54-56(36-26-16-10-3)37-27-17-11-4)60(69)71-52-49-63(47-46-62(7)48-51-66)50-53-72-61(70)65(43-33-23-21-15-9-2)45-35-25-31-41-59(68)74-55-57(38-28-18-12-5)39-29-19-13-6/h56-57,66H,8-55H2,1-7H3. The lowest BCUT2D eigenvalue weighted by Gasteiger charge is -2.27. The molecule has 13 nitrogen and oxygen atoms in total. The van der Waals surface area contributed by atoms with Crippen molar-refractivity contribution in [3.05, 3.63) is 0 Å². The minimum atomic E-state index is -0.309. The van der Waals surface area contributed by atoms with Gasteiger partial charge in [0.1, 0.15) is 13.2 Å². The molecule has 1 N–H and O–H groups in total. The Kier molecular flexibility index (Phi) is 51.8. The molecule has 0 aliphatic carbocycles. The first-order valence-corrected chi connectivity index (χ1v) is 31.2. The number of rotatable bonds is 55. The molecule has 0 rings (SSSR count). The molecule has 74 heavy (non-hydrogen) atoms. The molecule has 0 fully saturated rings. The van der Waals surface area contributed by atoms with Crippen LogP contribution < -0.4 is 0 Å². The summed E-state index contributed by atoms with van der Waals surface area (Å²) < 4.78 is 23.4. The molecule has 0 aliphatic heterocycles. The molecule has 0 aliphatic rings. The van der Waals surface area contributed by atoms with E-state index in [2.05, 4.69) is 51.3 Å². The quantitative estimate of drug-likeness (QED) is 0.0354. The molecule has 0 radical (unpaired) electrons. The second kappa shape index (κ2) is 53.7. The third-order valence-corrected chi connectivity index (χ3v) is 14.6. The minimum Gasteiger partial charge on any atom is -0.465 e. The molecule has 0 aromatic heterocycles. The van der Waals surface area contributed by atoms with E-state index in [1.54, 1.807) is 0 Å². The summed E-state index contributed by atoms with van der Waals surface area (Å²) in [5.74, 6) is 0.693. The average Bonchev–Trinajstić information content (AvgIpc) is 3.39. The van der Waals surface area contributed by atoms with Gasteiger partial charge in [0.15, 0.2) is 0 Å². The lowest BCUT2D eigenvalue weighted by molar-refractivity contribution is -0.146. The lowest BCUT2D eigenvalue weighted by Crippen LogP contribution is -2.40. The second-order valence-electron chi connectivity index (χ2n) is 21.6. The van der Waals surface area contributed by atoms with Gasteiger partial charge in [-0.3, -0.25) is 14.5 Å². The van der Waals surface area contributed by atoms with Crippen molar-refractivity contribution in [2.45, 2.75) is 260 Å². The van der Waals surface area contributed by atoms with Gasteiger partial charge in [-0.1, -0.05) is 183 Å². The number of hydrogen-bond acceptors (Lipinski definition) is 11. The van der Waals surface area contributed by atoms with Gasteiger partial charge in [-0.15, -0.1) is 0 Å². The van der Waals surface area contributed by atoms with Crippen molar-refractivity contribution < 1.29 is 43.2 Å². The maximum absolute atomic E-state index is 13.6. The number of ether oxygens (including phenoxy) is 4. The summed E-state index contributed by atoms with van der Waals surface area (Å²) in [4.78, 5) is 60.5. The van der Waals surface area contributed by atoms with E-state index >= 15 is 0 Å². The largest absolute Gasteiger partial charge is 0.465 e. The van der Waals surface area contributed by atoms with Crippen LogP contribution in [-0.2, 0) is 28.5 Å². The first kappa shape index (κ1) is 71.4. The fourth-order valence-electron chi connectivity index (χ4n) is 9.46. The average molecular weight is 1050 g/mol. The van der Waals surface area contributed by atoms with E-state index in [1.165, 1.54) is 89.9 Å². The van der Waals surface area contributed by atoms with Crippen molar-refractivity contribution in [3.8, 4) is 0 Å². The van der Waals surface area contributed by atoms with Gasteiger partial charge in [-0.25, -0.2) is 9.59 Å². The van der Waals surface area contributed by atoms with Crippen molar-refractivity contribution in [3.63, 3.8) is 0 Å². The third kappa shape index (κ3) is 44.5. The molecule has 0 saturated carbocycles. The number of carbonyl (C=O) groups is 4. The third-order valence-electron chi connectivity index (χ3n) is 14.6. The Balaban J connectivity index is 5.33. The molecule has 13 heteroatoms. The van der Waals surface area contributed by atoms with E-state index in [9.17, 15) is 24.3 Å². The highest BCUT2D eigenvalue weighted by atomic mass is 16.6. The number of amides is 2. The number of esters is 2. The van der Waals surface area contributed by atoms with Crippen LogP contribution in [0.15, 0.2) is 0 Å². The van der Waals surface area contributed by atoms with Crippen LogP contribution in [0.25, 0.3) is 0 Å². The summed E-state index contributed by atoms with van der Waals surface area (Å²) in [6.45, 7) is 20.2. The fraction of sp³-hybridized carbons (Fsp3) is 0.934. The van der Waals surface area contributed by atoms with E-state index in [-0.39, 0.29) is 43.9 Å². The van der Waals surface area contributed by atoms with E-state index in [1.807, 2.05) is 16.8 Å². The zero-order valence-corrected chi connectivity index (χ0v) is 49.6. The van der Waals surface area contributed by atoms with Gasteiger partial charge >= 0.3 is 24.1 Å². The molecule has 0 heterocycles. The maximum Gasteiger partial charge on any atom is 0.409 e. The SMILES string of the molecule is CCCCCCCN(CCCCCC(=O)OCC(CCCCC)CCCCC)C(=O)OCCN(CCOC(=O)N(CCCCCCC)CCCCCC(=O)OCC(CCCCC)CCCCC)CCN(C)CCO. The highest BCUT2D eigenvalue weighted by Crippen LogP contribution is 2.21. The molecular formula is C61H120N4O9. The van der Waals surface area contributed by atoms with E-state index in [4.69, 9.17) is 18.9 Å². The molecule has 0 bridgehead atoms. The number of aliphatic hydroxyl groups excluding tert-OH is 1. The van der Waals surface area contributed by atoms with Crippen molar-refractivity contribution in [1.29, 1.82) is 0 Å². The Bertz CT molecular complexity index is 1170. The summed E-state index contributed by atoms with van der Waals surface area (Å²) in [7, 11) is 1.97. The van der Waals surface area contributed by atoms with Crippen LogP contribution in [0, 0.1) is 11.8 Å². The Morgan fingerprint density at radius 3 is 1.03 bits per heavy atom. The van der Waals surface area contributed by atoms with Gasteiger partial charge in [0.2, 0.25) is 0 Å². The summed E-state index contributed by atoms with van der Waals surface area (Å²) in [6, 6.07) is 0. The molecule has 0 atom stereocenters. The number of likely N-dealkylation sites (N-methyl/N-ethyl adjacent to an activating group) is 1. The van der Waals surface area contributed by atoms with E-state index in [0.29, 0.717) is 96.8 Å². The first-order chi connectivity index (χ1) is 36.1. The van der Waals surface area contributed by atoms with Crippen LogP contribution in [0.4, 0.5) is 9.59 Å². The number of carbonyl (C=O) groups excluding carboxylic acids is 4. The maximum atomic E-state index is 13.6. The fourth-order valence-corrected chi connectivity index (χ4v) is 9.46. The number of aliphatic hydroxyl groups is 1. The highest BCUT2D eigenvalue weighted by molar-refractivity contribution is 5.70. The van der Waals surface area contributed by atoms with Crippen LogP contribution in [0.5, 0.6) is 0 Å². The summed E-state index contributed by atoms with van der Waals surface area (Å²) in [6.07, 6.45) is 35.0. The van der Waals surface area contributed by atoms with Crippen LogP contribution >= 0.6 is 0 Å². The van der Waals surface area contributed by atoms with Crippen molar-refractivity contribution in [2.75, 3.05) is 99.0 Å². The zero-order chi connectivity index (χ0) is 54.5. The number of nitrogens with zero attached hydrogens (tertiary/aromatic N) is 4. The molecule has 438 valence electrons. The minimum absolute atomic E-state index is 0.0695. The number of hydrogen-bond donors (Lipinski definition) is 1. The number of unbranched alkanes of at least 4 members (excludes halogenated alkanes) is 20. The lowest BCUT2D eigenvalue weighted by atomic mass is 9.96. The molecule has 0 unspecified atom stereocenters. The first-order valence-electron chi connectivity index (χ1n) is 31.2. The molecule has 2 amide bonds. The Labute approximate surface area is 456 Å². The smallest absolute Gasteiger partial charge is 0.409 e. The topological polar surface area (TPSA) is 138 Å². The van der Waals surface area contributed by atoms with Crippen molar-refractivity contribution >= 4 is 24.1 Å². The van der Waals surface area contributed by atoms with Gasteiger partial charge in [0.05, 0.1) is 19.8 Å². The summed E-state index contributed by atoms with van der Waals surface area (Å²) in [5.41, 5.74) is 0. The van der Waals surface area contributed by atoms with Crippen LogP contribution in [-0.4, -0.2) is 148 Å². The van der Waals surface area contributed by atoms with Gasteiger partial charge in [-0.2, -0.15) is 0 Å². The van der Waals surface area contributed by atoms with Gasteiger partial charge in [0, 0.05) is 71.7 Å². The molecular weight excluding hydrogens is 933 g/mol.